The first-order valence-electron chi connectivity index (χ1n) is 27.7. The Morgan fingerprint density at radius 1 is 0.148 bits per heavy atom. The Morgan fingerprint density at radius 2 is 0.226 bits per heavy atom. The molecule has 115 heavy (non-hydrogen) atoms. The molecule has 67 heteroatoms. The number of allylic oxidation sites excluding steroid dienone is 12. The smallest absolute Gasteiger partial charge is 0.269 e. The van der Waals surface area contributed by atoms with Crippen molar-refractivity contribution in [2.24, 2.45) is 0 Å². The zero-order valence-corrected chi connectivity index (χ0v) is 51.5. The molecule has 6 atom stereocenters. The molecule has 6 unspecified atom stereocenters. The lowest BCUT2D eigenvalue weighted by Crippen LogP contribution is -2.66. The molecule has 0 aromatic rings. The van der Waals surface area contributed by atoms with E-state index >= 15 is 0 Å². The molecule has 6 nitrogen and oxygen atoms in total. The van der Waals surface area contributed by atoms with Crippen molar-refractivity contribution in [1.82, 2.24) is 30.7 Å². The van der Waals surface area contributed by atoms with E-state index in [1.165, 1.54) is 0 Å². The number of fused-ring (bicyclic) bond motifs is 6. The van der Waals surface area contributed by atoms with Gasteiger partial charge in [0, 0.05) is 38.5 Å². The van der Waals surface area contributed by atoms with Gasteiger partial charge in [-0.05, 0) is 0 Å². The van der Waals surface area contributed by atoms with Crippen LogP contribution in [0.3, 0.4) is 0 Å². The average molecular weight is 1840 g/mol. The molecule has 0 aromatic heterocycles. The summed E-state index contributed by atoms with van der Waals surface area (Å²) in [6.45, 7) is 0. The Morgan fingerprint density at radius 3 is 0.304 bits per heavy atom. The fourth-order valence-electron chi connectivity index (χ4n) is 11.8. The summed E-state index contributed by atoms with van der Waals surface area (Å²) in [7, 11) is 0. The molecule has 0 aromatic carbocycles. The SMILES string of the molecule is F.FN1C2=CCC(F)(F)C(F)(F)C2(F)C(F)(F)C1(F)F.FN1C2=CCC(F)(F)C(F)(F)C2(F)C(F)(F)C1(F)F.FN1C2=CCC(F)(F)C(F)(F)C2(F)C(F)(F)C1(F)F.FN1C2=CCC(F)(F)C(F)(F)C2(F)C(F)(F)C1(F)F.FN1C2=CCC(F)(F)C(F)(F)C2(F)C(F)(F)C1(F)F.FN1C2=CCC(F)(F)C(F)(F)C2(F)C(F)(F)C1(F)F. The number of hydrogen-bond acceptors (Lipinski definition) is 6. The molecule has 6 aliphatic heterocycles. The molecule has 0 spiro atoms. The van der Waals surface area contributed by atoms with E-state index in [9.17, 15) is 264 Å². The zero-order valence-electron chi connectivity index (χ0n) is 51.5. The predicted octanol–water partition coefficient (Wildman–Crippen LogP) is 22.2. The van der Waals surface area contributed by atoms with Gasteiger partial charge in [-0.2, -0.15) is 211 Å². The van der Waals surface area contributed by atoms with E-state index in [0.717, 1.165) is 0 Å². The first-order valence-corrected chi connectivity index (χ1v) is 27.7. The summed E-state index contributed by atoms with van der Waals surface area (Å²) in [5.41, 5.74) is -50.0. The second kappa shape index (κ2) is 24.6. The van der Waals surface area contributed by atoms with Crippen molar-refractivity contribution in [1.29, 1.82) is 0 Å². The lowest BCUT2D eigenvalue weighted by molar-refractivity contribution is -0.349. The summed E-state index contributed by atoms with van der Waals surface area (Å²) < 4.78 is 782. The summed E-state index contributed by atoms with van der Waals surface area (Å²) in [5.74, 6) is -107. The first-order chi connectivity index (χ1) is 49.5. The lowest BCUT2D eigenvalue weighted by Gasteiger charge is -2.40. The van der Waals surface area contributed by atoms with Crippen LogP contribution < -0.4 is 0 Å². The van der Waals surface area contributed by atoms with Crippen molar-refractivity contribution >= 4 is 0 Å². The van der Waals surface area contributed by atoms with Gasteiger partial charge in [0.25, 0.3) is 34.0 Å². The molecular weight excluding hydrogens is 1820 g/mol. The van der Waals surface area contributed by atoms with Gasteiger partial charge >= 0.3 is 143 Å². The molecule has 0 radical (unpaired) electrons. The molecular formula is C48H19F61N6. The van der Waals surface area contributed by atoms with Gasteiger partial charge in [0.1, 0.15) is 0 Å². The lowest BCUT2D eigenvalue weighted by atomic mass is 9.80. The molecule has 0 bridgehead atoms. The molecule has 12 rings (SSSR count). The summed E-state index contributed by atoms with van der Waals surface area (Å²) in [6.07, 6.45) is -14.8. The zero-order chi connectivity index (χ0) is 90.4. The second-order valence-electron chi connectivity index (χ2n) is 24.8. The van der Waals surface area contributed by atoms with Crippen molar-refractivity contribution in [2.45, 2.75) is 215 Å². The fraction of sp³-hybridized carbons (Fsp3) is 0.750. The predicted molar refractivity (Wildman–Crippen MR) is 238 cm³/mol. The molecule has 668 valence electrons. The van der Waals surface area contributed by atoms with Crippen LogP contribution in [-0.4, -0.2) is 208 Å². The minimum absolute atomic E-state index is 0. The van der Waals surface area contributed by atoms with Crippen LogP contribution >= 0.6 is 0 Å². The third-order valence-electron chi connectivity index (χ3n) is 18.4. The van der Waals surface area contributed by atoms with E-state index in [0.29, 0.717) is 0 Å². The van der Waals surface area contributed by atoms with Crippen molar-refractivity contribution in [3.05, 3.63) is 70.6 Å². The van der Waals surface area contributed by atoms with E-state index in [1.54, 1.807) is 0 Å². The Bertz CT molecular complexity index is 3380. The summed E-state index contributed by atoms with van der Waals surface area (Å²) in [5, 5.41) is -13.4. The summed E-state index contributed by atoms with van der Waals surface area (Å²) >= 11 is 0. The highest BCUT2D eigenvalue weighted by atomic mass is 19.4. The summed E-state index contributed by atoms with van der Waals surface area (Å²) in [4.78, 5) is 0. The van der Waals surface area contributed by atoms with Crippen LogP contribution in [0.1, 0.15) is 38.5 Å². The van der Waals surface area contributed by atoms with Crippen molar-refractivity contribution in [3.63, 3.8) is 0 Å². The maximum Gasteiger partial charge on any atom is 0.417 e. The monoisotopic (exact) mass is 1840 g/mol. The topological polar surface area (TPSA) is 19.4 Å². The molecule has 0 amide bonds. The van der Waals surface area contributed by atoms with Crippen LogP contribution in [0.4, 0.5) is 269 Å². The third kappa shape index (κ3) is 10.1. The van der Waals surface area contributed by atoms with Crippen molar-refractivity contribution < 1.29 is 269 Å². The Balaban J connectivity index is 0.000000214. The van der Waals surface area contributed by atoms with Crippen molar-refractivity contribution in [2.75, 3.05) is 0 Å². The standard InChI is InChI=1S/6C8H3F10N.FH/c6*9-4(10)2-1-3-5(11,6(4,12)13)7(14,15)8(16,17)19(3)18;/h6*1H,2H2;1H. The van der Waals surface area contributed by atoms with E-state index < -0.39 is 317 Å². The number of alkyl halides is 54. The highest BCUT2D eigenvalue weighted by Gasteiger charge is 3.00. The van der Waals surface area contributed by atoms with E-state index in [2.05, 4.69) is 0 Å². The van der Waals surface area contributed by atoms with Crippen LogP contribution in [0.2, 0.25) is 0 Å². The largest absolute Gasteiger partial charge is 0.417 e. The van der Waals surface area contributed by atoms with Gasteiger partial charge in [-0.1, -0.05) is 63.3 Å². The average Bonchev–Trinajstić information content (AvgIpc) is 1.59. The fourth-order valence-corrected chi connectivity index (χ4v) is 11.8. The number of halogens is 61. The minimum atomic E-state index is -6.37. The first kappa shape index (κ1) is 96.8. The van der Waals surface area contributed by atoms with Gasteiger partial charge in [-0.15, -0.1) is 30.7 Å². The third-order valence-corrected chi connectivity index (χ3v) is 18.4. The van der Waals surface area contributed by atoms with E-state index in [4.69, 9.17) is 0 Å². The number of hydrogen-bond donors (Lipinski definition) is 0. The highest BCUT2D eigenvalue weighted by Crippen LogP contribution is 2.76. The Kier molecular flexibility index (Phi) is 20.7. The molecule has 6 aliphatic carbocycles. The quantitative estimate of drug-likeness (QED) is 0.136. The van der Waals surface area contributed by atoms with Crippen LogP contribution in [0.15, 0.2) is 70.6 Å². The summed E-state index contributed by atoms with van der Waals surface area (Å²) in [6, 6.07) is -36.0. The van der Waals surface area contributed by atoms with Crippen LogP contribution in [0.25, 0.3) is 0 Å². The Labute approximate surface area is 586 Å². The molecule has 6 heterocycles. The second-order valence-corrected chi connectivity index (χ2v) is 24.8. The van der Waals surface area contributed by atoms with Gasteiger partial charge in [0.15, 0.2) is 0 Å². The normalized spacial score (nSPS) is 37.5. The Hall–Kier alpha value is -7.03. The number of rotatable bonds is 0. The highest BCUT2D eigenvalue weighted by molar-refractivity contribution is 5.44. The van der Waals surface area contributed by atoms with Crippen LogP contribution in [0.5, 0.6) is 0 Å². The van der Waals surface area contributed by atoms with Gasteiger partial charge < -0.3 is 0 Å². The van der Waals surface area contributed by atoms with Crippen LogP contribution in [-0.2, 0) is 0 Å². The molecule has 6 saturated heterocycles. The van der Waals surface area contributed by atoms with E-state index in [1.807, 2.05) is 0 Å². The van der Waals surface area contributed by atoms with Gasteiger partial charge in [0.2, 0.25) is 0 Å². The van der Waals surface area contributed by atoms with Crippen molar-refractivity contribution in [3.8, 4) is 0 Å². The number of nitrogens with zero attached hydrogens (tertiary/aromatic N) is 6. The molecule has 0 saturated carbocycles. The minimum Gasteiger partial charge on any atom is -0.269 e. The molecule has 0 N–H and O–H groups in total. The molecule has 12 aliphatic rings. The van der Waals surface area contributed by atoms with E-state index in [-0.39, 0.29) is 4.70 Å². The maximum atomic E-state index is 13.7. The van der Waals surface area contributed by atoms with Crippen LogP contribution in [0, 0.1) is 0 Å². The maximum absolute atomic E-state index is 13.7. The molecule has 6 fully saturated rings. The van der Waals surface area contributed by atoms with Gasteiger partial charge in [-0.3, -0.25) is 4.70 Å². The van der Waals surface area contributed by atoms with Gasteiger partial charge in [0.05, 0.1) is 34.2 Å². The van der Waals surface area contributed by atoms with Gasteiger partial charge in [-0.25, -0.2) is 26.3 Å².